The van der Waals surface area contributed by atoms with Crippen molar-refractivity contribution < 1.29 is 17.7 Å². The monoisotopic (exact) mass is 387 g/mol. The summed E-state index contributed by atoms with van der Waals surface area (Å²) in [6.07, 6.45) is 0.299. The molecule has 0 saturated carbocycles. The molecule has 0 amide bonds. The SMILES string of the molecule is COc1cc(C)c(S(=O)(=O)NCCc2nc(-c3ccccc3)no2)c(C)c1. The lowest BCUT2D eigenvalue weighted by Gasteiger charge is -2.13. The van der Waals surface area contributed by atoms with Gasteiger partial charge in [0.1, 0.15) is 5.75 Å². The van der Waals surface area contributed by atoms with E-state index in [0.29, 0.717) is 35.0 Å². The van der Waals surface area contributed by atoms with Crippen LogP contribution in [0.3, 0.4) is 0 Å². The van der Waals surface area contributed by atoms with Crippen LogP contribution in [0, 0.1) is 13.8 Å². The summed E-state index contributed by atoms with van der Waals surface area (Å²) < 4.78 is 38.3. The summed E-state index contributed by atoms with van der Waals surface area (Å²) in [5.41, 5.74) is 2.10. The minimum atomic E-state index is -3.66. The van der Waals surface area contributed by atoms with E-state index < -0.39 is 10.0 Å². The Bertz CT molecular complexity index is 1010. The lowest BCUT2D eigenvalue weighted by atomic mass is 10.1. The van der Waals surface area contributed by atoms with Crippen molar-refractivity contribution >= 4 is 10.0 Å². The van der Waals surface area contributed by atoms with E-state index in [1.165, 1.54) is 0 Å². The molecule has 2 aromatic carbocycles. The smallest absolute Gasteiger partial charge is 0.241 e. The van der Waals surface area contributed by atoms with Gasteiger partial charge in [0.05, 0.1) is 12.0 Å². The summed E-state index contributed by atoms with van der Waals surface area (Å²) in [4.78, 5) is 4.56. The Kier molecular flexibility index (Phi) is 5.57. The number of hydrogen-bond donors (Lipinski definition) is 1. The lowest BCUT2D eigenvalue weighted by Crippen LogP contribution is -2.27. The number of aromatic nitrogens is 2. The molecule has 1 aromatic heterocycles. The summed E-state index contributed by atoms with van der Waals surface area (Å²) >= 11 is 0. The van der Waals surface area contributed by atoms with Crippen molar-refractivity contribution in [2.24, 2.45) is 0 Å². The highest BCUT2D eigenvalue weighted by Gasteiger charge is 2.20. The zero-order chi connectivity index (χ0) is 19.4. The van der Waals surface area contributed by atoms with Crippen molar-refractivity contribution in [3.63, 3.8) is 0 Å². The molecule has 0 aliphatic heterocycles. The fourth-order valence-corrected chi connectivity index (χ4v) is 4.36. The van der Waals surface area contributed by atoms with Crippen molar-refractivity contribution in [1.82, 2.24) is 14.9 Å². The van der Waals surface area contributed by atoms with Crippen LogP contribution in [0.25, 0.3) is 11.4 Å². The zero-order valence-electron chi connectivity index (χ0n) is 15.4. The second kappa shape index (κ2) is 7.89. The Morgan fingerprint density at radius 3 is 2.41 bits per heavy atom. The zero-order valence-corrected chi connectivity index (χ0v) is 16.2. The Morgan fingerprint density at radius 1 is 1.11 bits per heavy atom. The van der Waals surface area contributed by atoms with Gasteiger partial charge in [-0.3, -0.25) is 0 Å². The fraction of sp³-hybridized carbons (Fsp3) is 0.263. The highest BCUT2D eigenvalue weighted by molar-refractivity contribution is 7.89. The number of rotatable bonds is 7. The molecule has 0 bridgehead atoms. The van der Waals surface area contributed by atoms with Crippen LogP contribution in [-0.4, -0.2) is 32.2 Å². The van der Waals surface area contributed by atoms with Crippen LogP contribution in [0.1, 0.15) is 17.0 Å². The van der Waals surface area contributed by atoms with E-state index in [0.717, 1.165) is 5.56 Å². The van der Waals surface area contributed by atoms with Gasteiger partial charge in [-0.05, 0) is 37.1 Å². The molecule has 8 heteroatoms. The van der Waals surface area contributed by atoms with E-state index in [-0.39, 0.29) is 11.4 Å². The second-order valence-electron chi connectivity index (χ2n) is 6.12. The molecule has 0 fully saturated rings. The van der Waals surface area contributed by atoms with E-state index >= 15 is 0 Å². The number of methoxy groups -OCH3 is 1. The average Bonchev–Trinajstić information content (AvgIpc) is 3.10. The quantitative estimate of drug-likeness (QED) is 0.670. The minimum absolute atomic E-state index is 0.156. The standard InChI is InChI=1S/C19H21N3O4S/c1-13-11-16(25-3)12-14(2)18(13)27(23,24)20-10-9-17-21-19(22-26-17)15-7-5-4-6-8-15/h4-8,11-12,20H,9-10H2,1-3H3. The van der Waals surface area contributed by atoms with Gasteiger partial charge in [-0.2, -0.15) is 4.98 Å². The van der Waals surface area contributed by atoms with Crippen LogP contribution in [0.2, 0.25) is 0 Å². The van der Waals surface area contributed by atoms with Crippen LogP contribution < -0.4 is 9.46 Å². The predicted octanol–water partition coefficient (Wildman–Crippen LogP) is 2.88. The maximum atomic E-state index is 12.7. The molecular weight excluding hydrogens is 366 g/mol. The van der Waals surface area contributed by atoms with Gasteiger partial charge in [-0.25, -0.2) is 13.1 Å². The first-order valence-corrected chi connectivity index (χ1v) is 9.92. The fourth-order valence-electron chi connectivity index (χ4n) is 2.88. The van der Waals surface area contributed by atoms with Gasteiger partial charge in [0.25, 0.3) is 0 Å². The first-order valence-electron chi connectivity index (χ1n) is 8.43. The second-order valence-corrected chi connectivity index (χ2v) is 7.82. The molecule has 0 aliphatic rings. The Balaban J connectivity index is 1.68. The summed E-state index contributed by atoms with van der Waals surface area (Å²) in [6, 6.07) is 12.8. The topological polar surface area (TPSA) is 94.3 Å². The Morgan fingerprint density at radius 2 is 1.78 bits per heavy atom. The largest absolute Gasteiger partial charge is 0.497 e. The lowest BCUT2D eigenvalue weighted by molar-refractivity contribution is 0.379. The van der Waals surface area contributed by atoms with Crippen molar-refractivity contribution in [2.45, 2.75) is 25.2 Å². The number of benzene rings is 2. The molecule has 1 N–H and O–H groups in total. The van der Waals surface area contributed by atoms with Crippen molar-refractivity contribution in [3.05, 3.63) is 59.5 Å². The maximum Gasteiger partial charge on any atom is 0.241 e. The number of ether oxygens (including phenoxy) is 1. The molecule has 0 saturated heterocycles. The van der Waals surface area contributed by atoms with Crippen LogP contribution >= 0.6 is 0 Å². The molecule has 0 radical (unpaired) electrons. The van der Waals surface area contributed by atoms with E-state index in [1.54, 1.807) is 33.1 Å². The number of sulfonamides is 1. The van der Waals surface area contributed by atoms with Gasteiger partial charge in [-0.1, -0.05) is 35.5 Å². The number of nitrogens with one attached hydrogen (secondary N) is 1. The molecule has 0 spiro atoms. The third kappa shape index (κ3) is 4.35. The molecular formula is C19H21N3O4S. The van der Waals surface area contributed by atoms with Gasteiger partial charge < -0.3 is 9.26 Å². The van der Waals surface area contributed by atoms with Gasteiger partial charge >= 0.3 is 0 Å². The first-order chi connectivity index (χ1) is 12.9. The van der Waals surface area contributed by atoms with Crippen LogP contribution in [-0.2, 0) is 16.4 Å². The average molecular weight is 387 g/mol. The molecule has 0 unspecified atom stereocenters. The van der Waals surface area contributed by atoms with E-state index in [1.807, 2.05) is 30.3 Å². The van der Waals surface area contributed by atoms with Crippen LogP contribution in [0.5, 0.6) is 5.75 Å². The van der Waals surface area contributed by atoms with Crippen molar-refractivity contribution in [1.29, 1.82) is 0 Å². The van der Waals surface area contributed by atoms with Gasteiger partial charge in [0, 0.05) is 18.5 Å². The molecule has 1 heterocycles. The number of aryl methyl sites for hydroxylation is 2. The van der Waals surface area contributed by atoms with Crippen molar-refractivity contribution in [2.75, 3.05) is 13.7 Å². The van der Waals surface area contributed by atoms with Crippen molar-refractivity contribution in [3.8, 4) is 17.1 Å². The highest BCUT2D eigenvalue weighted by Crippen LogP contribution is 2.25. The minimum Gasteiger partial charge on any atom is -0.497 e. The normalized spacial score (nSPS) is 11.5. The number of nitrogens with zero attached hydrogens (tertiary/aromatic N) is 2. The molecule has 0 atom stereocenters. The van der Waals surface area contributed by atoms with E-state index in [2.05, 4.69) is 14.9 Å². The Labute approximate surface area is 158 Å². The third-order valence-electron chi connectivity index (χ3n) is 4.07. The third-order valence-corrected chi connectivity index (χ3v) is 5.83. The number of hydrogen-bond acceptors (Lipinski definition) is 6. The van der Waals surface area contributed by atoms with E-state index in [4.69, 9.17) is 9.26 Å². The summed E-state index contributed by atoms with van der Waals surface area (Å²) in [5, 5.41) is 3.93. The van der Waals surface area contributed by atoms with Gasteiger partial charge in [-0.15, -0.1) is 0 Å². The van der Waals surface area contributed by atoms with Gasteiger partial charge in [0.15, 0.2) is 0 Å². The molecule has 27 heavy (non-hydrogen) atoms. The van der Waals surface area contributed by atoms with Gasteiger partial charge in [0.2, 0.25) is 21.7 Å². The molecule has 7 nitrogen and oxygen atoms in total. The summed E-state index contributed by atoms with van der Waals surface area (Å²) in [5.74, 6) is 1.48. The van der Waals surface area contributed by atoms with Crippen LogP contribution in [0.4, 0.5) is 0 Å². The Hall–Kier alpha value is -2.71. The highest BCUT2D eigenvalue weighted by atomic mass is 32.2. The summed E-state index contributed by atoms with van der Waals surface area (Å²) in [7, 11) is -2.11. The van der Waals surface area contributed by atoms with E-state index in [9.17, 15) is 8.42 Å². The summed E-state index contributed by atoms with van der Waals surface area (Å²) in [6.45, 7) is 3.64. The molecule has 0 aliphatic carbocycles. The first kappa shape index (κ1) is 19.1. The molecule has 3 aromatic rings. The molecule has 142 valence electrons. The molecule has 3 rings (SSSR count). The predicted molar refractivity (Wildman–Crippen MR) is 101 cm³/mol. The van der Waals surface area contributed by atoms with Crippen LogP contribution in [0.15, 0.2) is 51.9 Å². The maximum absolute atomic E-state index is 12.7.